The molecule has 1 fully saturated rings. The molecule has 0 atom stereocenters. The highest BCUT2D eigenvalue weighted by Gasteiger charge is 2.32. The molecule has 0 bridgehead atoms. The molecule has 0 unspecified atom stereocenters. The summed E-state index contributed by atoms with van der Waals surface area (Å²) in [6, 6.07) is 11.8. The summed E-state index contributed by atoms with van der Waals surface area (Å²) >= 11 is 8.39. The van der Waals surface area contributed by atoms with Gasteiger partial charge in [0.15, 0.2) is 5.17 Å². The van der Waals surface area contributed by atoms with Gasteiger partial charge in [0.2, 0.25) is 0 Å². The summed E-state index contributed by atoms with van der Waals surface area (Å²) in [6.07, 6.45) is 1.88. The van der Waals surface area contributed by atoms with Gasteiger partial charge >= 0.3 is 0 Å². The van der Waals surface area contributed by atoms with E-state index in [0.29, 0.717) is 16.6 Å². The average molecular weight is 510 g/mol. The highest BCUT2D eigenvalue weighted by Crippen LogP contribution is 2.38. The van der Waals surface area contributed by atoms with Crippen LogP contribution >= 0.6 is 43.6 Å². The van der Waals surface area contributed by atoms with Crippen LogP contribution in [0.3, 0.4) is 0 Å². The standard InChI is InChI=1S/C20H18Br2N2O2S/c1-4-24-19(25)17(11-13-9-15(21)18(26-3)16(22)10-13)27-20(24)23-14-7-5-12(2)6-8-14/h5-11H,4H2,1-3H3/b17-11+,23-20?. The van der Waals surface area contributed by atoms with Crippen molar-refractivity contribution in [3.8, 4) is 5.75 Å². The van der Waals surface area contributed by atoms with Gasteiger partial charge in [-0.05, 0) is 93.4 Å². The van der Waals surface area contributed by atoms with Crippen molar-refractivity contribution in [3.05, 3.63) is 61.4 Å². The molecule has 1 aliphatic heterocycles. The van der Waals surface area contributed by atoms with E-state index < -0.39 is 0 Å². The van der Waals surface area contributed by atoms with E-state index in [1.165, 1.54) is 17.3 Å². The van der Waals surface area contributed by atoms with Crippen LogP contribution in [0.1, 0.15) is 18.1 Å². The first-order valence-corrected chi connectivity index (χ1v) is 10.7. The molecule has 7 heteroatoms. The molecule has 2 aromatic carbocycles. The number of aryl methyl sites for hydroxylation is 1. The van der Waals surface area contributed by atoms with Crippen molar-refractivity contribution in [2.75, 3.05) is 13.7 Å². The zero-order chi connectivity index (χ0) is 19.6. The third-order valence-electron chi connectivity index (χ3n) is 3.99. The molecule has 2 aromatic rings. The topological polar surface area (TPSA) is 41.9 Å². The monoisotopic (exact) mass is 508 g/mol. The SMILES string of the molecule is CCN1C(=O)/C(=C\c2cc(Br)c(OC)c(Br)c2)SC1=Nc1ccc(C)cc1. The Balaban J connectivity index is 1.94. The maximum absolute atomic E-state index is 12.8. The van der Waals surface area contributed by atoms with Crippen LogP contribution in [0.2, 0.25) is 0 Å². The minimum atomic E-state index is -0.0311. The highest BCUT2D eigenvalue weighted by atomic mass is 79.9. The summed E-state index contributed by atoms with van der Waals surface area (Å²) in [6.45, 7) is 4.56. The molecule has 0 N–H and O–H groups in total. The molecule has 27 heavy (non-hydrogen) atoms. The fourth-order valence-electron chi connectivity index (χ4n) is 2.61. The normalized spacial score (nSPS) is 17.2. The number of rotatable bonds is 4. The number of carbonyl (C=O) groups excluding carboxylic acids is 1. The van der Waals surface area contributed by atoms with Crippen LogP contribution in [0.25, 0.3) is 6.08 Å². The van der Waals surface area contributed by atoms with Gasteiger partial charge in [-0.3, -0.25) is 9.69 Å². The lowest BCUT2D eigenvalue weighted by Gasteiger charge is -2.12. The lowest BCUT2D eigenvalue weighted by atomic mass is 10.2. The maximum atomic E-state index is 12.8. The molecule has 3 rings (SSSR count). The molecule has 4 nitrogen and oxygen atoms in total. The van der Waals surface area contributed by atoms with Gasteiger partial charge in [-0.1, -0.05) is 17.7 Å². The number of benzene rings is 2. The third kappa shape index (κ3) is 4.47. The van der Waals surface area contributed by atoms with Crippen molar-refractivity contribution >= 4 is 66.5 Å². The Bertz CT molecular complexity index is 916. The third-order valence-corrected chi connectivity index (χ3v) is 6.17. The highest BCUT2D eigenvalue weighted by molar-refractivity contribution is 9.11. The van der Waals surface area contributed by atoms with Crippen LogP contribution in [0.5, 0.6) is 5.75 Å². The smallest absolute Gasteiger partial charge is 0.266 e. The quantitative estimate of drug-likeness (QED) is 0.464. The number of nitrogens with zero attached hydrogens (tertiary/aromatic N) is 2. The Morgan fingerprint density at radius 1 is 1.19 bits per heavy atom. The number of ether oxygens (including phenoxy) is 1. The first-order chi connectivity index (χ1) is 12.9. The fourth-order valence-corrected chi connectivity index (χ4v) is 5.22. The molecule has 0 aromatic heterocycles. The molecule has 0 radical (unpaired) electrons. The zero-order valence-electron chi connectivity index (χ0n) is 15.1. The molecule has 0 aliphatic carbocycles. The molecule has 1 aliphatic rings. The van der Waals surface area contributed by atoms with Crippen LogP contribution in [-0.4, -0.2) is 29.6 Å². The van der Waals surface area contributed by atoms with Gasteiger partial charge < -0.3 is 4.74 Å². The number of carbonyl (C=O) groups is 1. The molecular weight excluding hydrogens is 492 g/mol. The lowest BCUT2D eigenvalue weighted by Crippen LogP contribution is -2.28. The molecule has 1 heterocycles. The second kappa shape index (κ2) is 8.63. The predicted octanol–water partition coefficient (Wildman–Crippen LogP) is 6.15. The summed E-state index contributed by atoms with van der Waals surface area (Å²) in [5, 5.41) is 0.698. The Hall–Kier alpha value is -1.57. The van der Waals surface area contributed by atoms with Gasteiger partial charge in [0.25, 0.3) is 5.91 Å². The van der Waals surface area contributed by atoms with E-state index in [0.717, 1.165) is 25.9 Å². The number of amidine groups is 1. The predicted molar refractivity (Wildman–Crippen MR) is 120 cm³/mol. The zero-order valence-corrected chi connectivity index (χ0v) is 19.1. The van der Waals surface area contributed by atoms with Crippen molar-refractivity contribution in [1.29, 1.82) is 0 Å². The molecule has 140 valence electrons. The molecule has 1 amide bonds. The van der Waals surface area contributed by atoms with Crippen molar-refractivity contribution in [2.24, 2.45) is 4.99 Å². The van der Waals surface area contributed by atoms with E-state index in [2.05, 4.69) is 36.9 Å². The number of hydrogen-bond acceptors (Lipinski definition) is 4. The largest absolute Gasteiger partial charge is 0.494 e. The summed E-state index contributed by atoms with van der Waals surface area (Å²) in [4.78, 5) is 19.8. The number of amides is 1. The van der Waals surface area contributed by atoms with Crippen molar-refractivity contribution in [1.82, 2.24) is 4.90 Å². The summed E-state index contributed by atoms with van der Waals surface area (Å²) in [7, 11) is 1.62. The fraction of sp³-hybridized carbons (Fsp3) is 0.200. The van der Waals surface area contributed by atoms with Crippen LogP contribution in [0.15, 0.2) is 55.2 Å². The number of methoxy groups -OCH3 is 1. The van der Waals surface area contributed by atoms with E-state index in [1.54, 1.807) is 12.0 Å². The number of hydrogen-bond donors (Lipinski definition) is 0. The Kier molecular flexibility index (Phi) is 6.44. The second-order valence-corrected chi connectivity index (χ2v) is 8.63. The van der Waals surface area contributed by atoms with Gasteiger partial charge in [0.1, 0.15) is 5.75 Å². The number of halogens is 2. The van der Waals surface area contributed by atoms with Crippen molar-refractivity contribution in [2.45, 2.75) is 13.8 Å². The minimum absolute atomic E-state index is 0.0311. The minimum Gasteiger partial charge on any atom is -0.494 e. The van der Waals surface area contributed by atoms with E-state index >= 15 is 0 Å². The van der Waals surface area contributed by atoms with Crippen molar-refractivity contribution in [3.63, 3.8) is 0 Å². The first kappa shape index (κ1) is 20.2. The van der Waals surface area contributed by atoms with Gasteiger partial charge in [-0.25, -0.2) is 4.99 Å². The van der Waals surface area contributed by atoms with Gasteiger partial charge in [-0.2, -0.15) is 0 Å². The van der Waals surface area contributed by atoms with E-state index in [4.69, 9.17) is 4.74 Å². The maximum Gasteiger partial charge on any atom is 0.266 e. The average Bonchev–Trinajstić information content (AvgIpc) is 2.91. The molecule has 1 saturated heterocycles. The second-order valence-electron chi connectivity index (χ2n) is 5.91. The van der Waals surface area contributed by atoms with Crippen LogP contribution in [-0.2, 0) is 4.79 Å². The summed E-state index contributed by atoms with van der Waals surface area (Å²) in [5.41, 5.74) is 2.92. The molecule has 0 spiro atoms. The Labute approximate surface area is 180 Å². The summed E-state index contributed by atoms with van der Waals surface area (Å²) < 4.78 is 6.98. The van der Waals surface area contributed by atoms with E-state index in [1.807, 2.05) is 56.3 Å². The number of likely N-dealkylation sites (N-methyl/N-ethyl adjacent to an activating group) is 1. The molecular formula is C20H18Br2N2O2S. The molecule has 0 saturated carbocycles. The Morgan fingerprint density at radius 2 is 1.81 bits per heavy atom. The summed E-state index contributed by atoms with van der Waals surface area (Å²) in [5.74, 6) is 0.691. The van der Waals surface area contributed by atoms with Crippen LogP contribution in [0.4, 0.5) is 5.69 Å². The van der Waals surface area contributed by atoms with E-state index in [9.17, 15) is 4.79 Å². The van der Waals surface area contributed by atoms with Crippen LogP contribution < -0.4 is 4.74 Å². The Morgan fingerprint density at radius 3 is 2.37 bits per heavy atom. The van der Waals surface area contributed by atoms with Crippen LogP contribution in [0, 0.1) is 6.92 Å². The van der Waals surface area contributed by atoms with E-state index in [-0.39, 0.29) is 5.91 Å². The lowest BCUT2D eigenvalue weighted by molar-refractivity contribution is -0.122. The van der Waals surface area contributed by atoms with Gasteiger partial charge in [0.05, 0.1) is 26.6 Å². The number of aliphatic imine (C=N–C) groups is 1. The van der Waals surface area contributed by atoms with Crippen molar-refractivity contribution < 1.29 is 9.53 Å². The number of thioether (sulfide) groups is 1. The van der Waals surface area contributed by atoms with Gasteiger partial charge in [-0.15, -0.1) is 0 Å². The first-order valence-electron chi connectivity index (χ1n) is 8.32. The van der Waals surface area contributed by atoms with Gasteiger partial charge in [0, 0.05) is 6.54 Å².